The van der Waals surface area contributed by atoms with E-state index < -0.39 is 0 Å². The fourth-order valence-electron chi connectivity index (χ4n) is 5.00. The Labute approximate surface area is 148 Å². The molecule has 3 aliphatic rings. The van der Waals surface area contributed by atoms with Crippen molar-refractivity contribution in [3.05, 3.63) is 11.7 Å². The molecule has 1 N–H and O–H groups in total. The van der Waals surface area contributed by atoms with Crippen LogP contribution in [-0.2, 0) is 11.3 Å². The van der Waals surface area contributed by atoms with Crippen LogP contribution >= 0.6 is 0 Å². The van der Waals surface area contributed by atoms with Crippen molar-refractivity contribution in [2.75, 3.05) is 13.1 Å². The zero-order chi connectivity index (χ0) is 17.4. The molecule has 2 saturated heterocycles. The zero-order valence-corrected chi connectivity index (χ0v) is 15.0. The molecule has 3 fully saturated rings. The molecule has 7 heteroatoms. The molecule has 4 rings (SSSR count). The summed E-state index contributed by atoms with van der Waals surface area (Å²) in [5, 5.41) is 13.8. The number of likely N-dealkylation sites (tertiary alicyclic amines) is 2. The summed E-state index contributed by atoms with van der Waals surface area (Å²) in [5.41, 5.74) is -0.386. The first kappa shape index (κ1) is 17.0. The Morgan fingerprint density at radius 1 is 1.20 bits per heavy atom. The summed E-state index contributed by atoms with van der Waals surface area (Å²) in [6.07, 6.45) is 7.23. The Bertz CT molecular complexity index is 626. The molecular formula is C18H28N4O3. The number of nitrogens with zero attached hydrogens (tertiary/aromatic N) is 4. The number of carbonyl (C=O) groups excluding carboxylic acids is 1. The predicted octanol–water partition coefficient (Wildman–Crippen LogP) is 1.64. The molecule has 3 heterocycles. The third-order valence-electron chi connectivity index (χ3n) is 6.28. The van der Waals surface area contributed by atoms with Crippen molar-refractivity contribution >= 4 is 5.91 Å². The number of hydrogen-bond acceptors (Lipinski definition) is 6. The minimum atomic E-state index is -0.386. The first-order valence-corrected chi connectivity index (χ1v) is 9.62. The molecule has 25 heavy (non-hydrogen) atoms. The normalized spacial score (nSPS) is 34.2. The highest BCUT2D eigenvalue weighted by Gasteiger charge is 2.52. The van der Waals surface area contributed by atoms with Gasteiger partial charge in [-0.25, -0.2) is 0 Å². The van der Waals surface area contributed by atoms with Crippen molar-refractivity contribution in [1.82, 2.24) is 19.9 Å². The van der Waals surface area contributed by atoms with Crippen LogP contribution < -0.4 is 0 Å². The van der Waals surface area contributed by atoms with Crippen molar-refractivity contribution in [2.45, 2.75) is 82.5 Å². The minimum absolute atomic E-state index is 0.186. The Morgan fingerprint density at radius 3 is 2.60 bits per heavy atom. The predicted molar refractivity (Wildman–Crippen MR) is 90.6 cm³/mol. The van der Waals surface area contributed by atoms with Gasteiger partial charge in [-0.05, 0) is 57.9 Å². The number of aliphatic hydroxyl groups excluding tert-OH is 1. The van der Waals surface area contributed by atoms with Crippen LogP contribution in [0.15, 0.2) is 4.52 Å². The number of hydrogen-bond donors (Lipinski definition) is 1. The molecule has 7 nitrogen and oxygen atoms in total. The largest absolute Gasteiger partial charge is 0.393 e. The summed E-state index contributed by atoms with van der Waals surface area (Å²) in [5.74, 6) is 1.53. The van der Waals surface area contributed by atoms with E-state index in [4.69, 9.17) is 4.52 Å². The minimum Gasteiger partial charge on any atom is -0.393 e. The quantitative estimate of drug-likeness (QED) is 0.894. The van der Waals surface area contributed by atoms with E-state index in [1.807, 2.05) is 0 Å². The molecule has 0 bridgehead atoms. The monoisotopic (exact) mass is 348 g/mol. The lowest BCUT2D eigenvalue weighted by molar-refractivity contribution is -0.152. The van der Waals surface area contributed by atoms with Crippen molar-refractivity contribution in [3.63, 3.8) is 0 Å². The van der Waals surface area contributed by atoms with Crippen LogP contribution in [0.2, 0.25) is 0 Å². The second kappa shape index (κ2) is 6.68. The molecule has 1 spiro atoms. The number of rotatable bonds is 3. The second-order valence-corrected chi connectivity index (χ2v) is 7.85. The summed E-state index contributed by atoms with van der Waals surface area (Å²) in [6, 6.07) is 0.294. The van der Waals surface area contributed by atoms with Gasteiger partial charge in [-0.2, -0.15) is 4.98 Å². The van der Waals surface area contributed by atoms with Gasteiger partial charge in [0.2, 0.25) is 11.8 Å². The van der Waals surface area contributed by atoms with E-state index in [1.165, 1.54) is 0 Å². The maximum atomic E-state index is 13.5. The van der Waals surface area contributed by atoms with Crippen molar-refractivity contribution in [3.8, 4) is 0 Å². The van der Waals surface area contributed by atoms with Crippen molar-refractivity contribution in [1.29, 1.82) is 0 Å². The Hall–Kier alpha value is -1.47. The van der Waals surface area contributed by atoms with Crippen LogP contribution in [0.1, 0.15) is 63.1 Å². The van der Waals surface area contributed by atoms with Gasteiger partial charge < -0.3 is 14.5 Å². The standard InChI is InChI=1S/C18H28N4O3/c1-13-19-16(20-25-13)12-21-10-2-8-18(21)9-3-11-22(17(18)24)14-4-6-15(23)7-5-14/h14-15,23H,2-12H2,1H3. The molecular weight excluding hydrogens is 320 g/mol. The van der Waals surface area contributed by atoms with Crippen molar-refractivity contribution in [2.24, 2.45) is 0 Å². The second-order valence-electron chi connectivity index (χ2n) is 7.85. The summed E-state index contributed by atoms with van der Waals surface area (Å²) in [7, 11) is 0. The Balaban J connectivity index is 1.51. The van der Waals surface area contributed by atoms with E-state index in [0.29, 0.717) is 24.3 Å². The molecule has 1 aromatic heterocycles. The molecule has 0 aromatic carbocycles. The fraction of sp³-hybridized carbons (Fsp3) is 0.833. The summed E-state index contributed by atoms with van der Waals surface area (Å²) in [4.78, 5) is 22.2. The number of carbonyl (C=O) groups is 1. The van der Waals surface area contributed by atoms with Gasteiger partial charge in [-0.1, -0.05) is 5.16 Å². The summed E-state index contributed by atoms with van der Waals surface area (Å²) in [6.45, 7) is 4.15. The smallest absolute Gasteiger partial charge is 0.243 e. The lowest BCUT2D eigenvalue weighted by atomic mass is 9.82. The van der Waals surface area contributed by atoms with Gasteiger partial charge in [-0.15, -0.1) is 0 Å². The molecule has 1 atom stereocenters. The van der Waals surface area contributed by atoms with Gasteiger partial charge >= 0.3 is 0 Å². The molecule has 0 radical (unpaired) electrons. The Morgan fingerprint density at radius 2 is 1.92 bits per heavy atom. The molecule has 1 aliphatic carbocycles. The van der Waals surface area contributed by atoms with Gasteiger partial charge in [0.15, 0.2) is 5.82 Å². The Kier molecular flexibility index (Phi) is 4.54. The average molecular weight is 348 g/mol. The van der Waals surface area contributed by atoms with Gasteiger partial charge in [0.1, 0.15) is 5.54 Å². The van der Waals surface area contributed by atoms with E-state index in [-0.39, 0.29) is 17.6 Å². The highest BCUT2D eigenvalue weighted by molar-refractivity contribution is 5.87. The lowest BCUT2D eigenvalue weighted by Crippen LogP contribution is -2.62. The van der Waals surface area contributed by atoms with Crippen LogP contribution in [0.5, 0.6) is 0 Å². The number of aromatic nitrogens is 2. The molecule has 1 aromatic rings. The van der Waals surface area contributed by atoms with E-state index in [2.05, 4.69) is 19.9 Å². The van der Waals surface area contributed by atoms with Crippen molar-refractivity contribution < 1.29 is 14.4 Å². The van der Waals surface area contributed by atoms with Crippen LogP contribution in [0, 0.1) is 6.92 Å². The number of amides is 1. The first-order valence-electron chi connectivity index (χ1n) is 9.62. The van der Waals surface area contributed by atoms with Crippen LogP contribution in [0.3, 0.4) is 0 Å². The van der Waals surface area contributed by atoms with Crippen LogP contribution in [0.4, 0.5) is 0 Å². The van der Waals surface area contributed by atoms with Crippen LogP contribution in [0.25, 0.3) is 0 Å². The fourth-order valence-corrected chi connectivity index (χ4v) is 5.00. The highest BCUT2D eigenvalue weighted by Crippen LogP contribution is 2.40. The van der Waals surface area contributed by atoms with Gasteiger partial charge in [-0.3, -0.25) is 9.69 Å². The maximum absolute atomic E-state index is 13.5. The highest BCUT2D eigenvalue weighted by atomic mass is 16.5. The van der Waals surface area contributed by atoms with E-state index in [0.717, 1.165) is 64.5 Å². The summed E-state index contributed by atoms with van der Waals surface area (Å²) < 4.78 is 5.10. The molecule has 2 aliphatic heterocycles. The van der Waals surface area contributed by atoms with Crippen LogP contribution in [-0.4, -0.2) is 61.7 Å². The zero-order valence-electron chi connectivity index (χ0n) is 15.0. The molecule has 138 valence electrons. The topological polar surface area (TPSA) is 82.7 Å². The third-order valence-corrected chi connectivity index (χ3v) is 6.28. The lowest BCUT2D eigenvalue weighted by Gasteiger charge is -2.48. The van der Waals surface area contributed by atoms with E-state index >= 15 is 0 Å². The number of aliphatic hydroxyl groups is 1. The molecule has 1 unspecified atom stereocenters. The number of piperidine rings is 1. The van der Waals surface area contributed by atoms with Gasteiger partial charge in [0.25, 0.3) is 0 Å². The summed E-state index contributed by atoms with van der Waals surface area (Å²) >= 11 is 0. The number of aryl methyl sites for hydroxylation is 1. The third kappa shape index (κ3) is 3.08. The average Bonchev–Trinajstić information content (AvgIpc) is 3.19. The molecule has 1 saturated carbocycles. The molecule has 1 amide bonds. The first-order chi connectivity index (χ1) is 12.1. The van der Waals surface area contributed by atoms with E-state index in [1.54, 1.807) is 6.92 Å². The van der Waals surface area contributed by atoms with E-state index in [9.17, 15) is 9.90 Å². The SMILES string of the molecule is Cc1nc(CN2CCCC23CCCN(C2CCC(O)CC2)C3=O)no1. The van der Waals surface area contributed by atoms with Gasteiger partial charge in [0, 0.05) is 19.5 Å². The maximum Gasteiger partial charge on any atom is 0.243 e. The van der Waals surface area contributed by atoms with Gasteiger partial charge in [0.05, 0.1) is 12.6 Å².